The molecule has 1 rings (SSSR count). The first-order chi connectivity index (χ1) is 8.08. The Bertz CT molecular complexity index is 271. The summed E-state index contributed by atoms with van der Waals surface area (Å²) in [5, 5.41) is 21.4. The van der Waals surface area contributed by atoms with Gasteiger partial charge in [-0.05, 0) is 0 Å². The molecule has 0 aromatic heterocycles. The molecule has 1 aliphatic rings. The zero-order valence-electron chi connectivity index (χ0n) is 9.83. The van der Waals surface area contributed by atoms with Gasteiger partial charge < -0.3 is 25.0 Å². The highest BCUT2D eigenvalue weighted by Crippen LogP contribution is 2.21. The van der Waals surface area contributed by atoms with Crippen LogP contribution in [0.5, 0.6) is 0 Å². The summed E-state index contributed by atoms with van der Waals surface area (Å²) in [6, 6.07) is -0.426. The molecule has 1 aliphatic heterocycles. The molecule has 0 aliphatic carbocycles. The third-order valence-corrected chi connectivity index (χ3v) is 2.51. The molecule has 0 unspecified atom stereocenters. The number of carbonyl (C=O) groups excluding carboxylic acids is 1. The summed E-state index contributed by atoms with van der Waals surface area (Å²) in [5.41, 5.74) is 0. The molecule has 17 heavy (non-hydrogen) atoms. The molecule has 3 N–H and O–H groups in total. The number of aliphatic hydroxyl groups excluding tert-OH is 2. The standard InChI is InChI=1S/C11H19NO5/c1-3-4-16-11-8(12-7(2)14)5-9(15)10(6-13)17-11/h3,8-11,13,15H,1,4-6H2,2H3,(H,12,14)/t8-,9-,10+,11-/m0/s1. The molecule has 6 heteroatoms. The van der Waals surface area contributed by atoms with E-state index in [1.54, 1.807) is 6.08 Å². The molecule has 0 saturated carbocycles. The quantitative estimate of drug-likeness (QED) is 0.550. The van der Waals surface area contributed by atoms with Gasteiger partial charge in [0.25, 0.3) is 0 Å². The maximum absolute atomic E-state index is 11.0. The number of hydrogen-bond acceptors (Lipinski definition) is 5. The first-order valence-corrected chi connectivity index (χ1v) is 5.52. The van der Waals surface area contributed by atoms with Crippen LogP contribution in [-0.4, -0.2) is 53.9 Å². The minimum absolute atomic E-state index is 0.222. The number of ether oxygens (including phenoxy) is 2. The fourth-order valence-corrected chi connectivity index (χ4v) is 1.75. The van der Waals surface area contributed by atoms with Crippen LogP contribution >= 0.6 is 0 Å². The Morgan fingerprint density at radius 2 is 2.41 bits per heavy atom. The predicted molar refractivity (Wildman–Crippen MR) is 60.1 cm³/mol. The van der Waals surface area contributed by atoms with E-state index in [1.807, 2.05) is 0 Å². The van der Waals surface area contributed by atoms with Gasteiger partial charge in [-0.3, -0.25) is 4.79 Å². The smallest absolute Gasteiger partial charge is 0.217 e. The van der Waals surface area contributed by atoms with Crippen LogP contribution in [0, 0.1) is 0 Å². The number of carbonyl (C=O) groups is 1. The van der Waals surface area contributed by atoms with Crippen LogP contribution in [0.3, 0.4) is 0 Å². The normalized spacial score (nSPS) is 33.1. The van der Waals surface area contributed by atoms with E-state index < -0.39 is 24.5 Å². The van der Waals surface area contributed by atoms with Gasteiger partial charge in [0.1, 0.15) is 6.10 Å². The summed E-state index contributed by atoms with van der Waals surface area (Å²) in [6.45, 7) is 4.89. The lowest BCUT2D eigenvalue weighted by atomic mass is 10.0. The van der Waals surface area contributed by atoms with E-state index in [1.165, 1.54) is 6.92 Å². The highest BCUT2D eigenvalue weighted by molar-refractivity contribution is 5.73. The Hall–Kier alpha value is -0.950. The van der Waals surface area contributed by atoms with E-state index in [9.17, 15) is 9.90 Å². The number of hydrogen-bond donors (Lipinski definition) is 3. The molecule has 1 amide bonds. The SMILES string of the molecule is C=CCO[C@H]1O[C@H](CO)[C@@H](O)C[C@@H]1NC(C)=O. The van der Waals surface area contributed by atoms with Crippen molar-refractivity contribution in [2.75, 3.05) is 13.2 Å². The lowest BCUT2D eigenvalue weighted by molar-refractivity contribution is -0.238. The van der Waals surface area contributed by atoms with E-state index in [4.69, 9.17) is 14.6 Å². The largest absolute Gasteiger partial charge is 0.394 e. The van der Waals surface area contributed by atoms with Crippen molar-refractivity contribution in [2.45, 2.75) is 37.9 Å². The van der Waals surface area contributed by atoms with Crippen LogP contribution in [0.15, 0.2) is 12.7 Å². The van der Waals surface area contributed by atoms with Crippen molar-refractivity contribution in [3.05, 3.63) is 12.7 Å². The summed E-state index contributed by atoms with van der Waals surface area (Å²) in [5.74, 6) is -0.222. The zero-order chi connectivity index (χ0) is 12.8. The topological polar surface area (TPSA) is 88.0 Å². The van der Waals surface area contributed by atoms with Gasteiger partial charge in [0.2, 0.25) is 5.91 Å². The highest BCUT2D eigenvalue weighted by atomic mass is 16.7. The van der Waals surface area contributed by atoms with Crippen molar-refractivity contribution in [1.29, 1.82) is 0 Å². The summed E-state index contributed by atoms with van der Waals surface area (Å²) in [7, 11) is 0. The van der Waals surface area contributed by atoms with Gasteiger partial charge in [-0.15, -0.1) is 6.58 Å². The summed E-state index contributed by atoms with van der Waals surface area (Å²) >= 11 is 0. The Morgan fingerprint density at radius 1 is 1.71 bits per heavy atom. The molecule has 0 aromatic carbocycles. The van der Waals surface area contributed by atoms with Crippen LogP contribution in [0.25, 0.3) is 0 Å². The van der Waals surface area contributed by atoms with E-state index in [0.717, 1.165) is 0 Å². The molecule has 1 heterocycles. The fraction of sp³-hybridized carbons (Fsp3) is 0.727. The molecule has 0 radical (unpaired) electrons. The Balaban J connectivity index is 2.63. The van der Waals surface area contributed by atoms with E-state index >= 15 is 0 Å². The highest BCUT2D eigenvalue weighted by Gasteiger charge is 2.37. The van der Waals surface area contributed by atoms with Gasteiger partial charge in [0, 0.05) is 13.3 Å². The van der Waals surface area contributed by atoms with Gasteiger partial charge in [0.05, 0.1) is 25.4 Å². The predicted octanol–water partition coefficient (Wildman–Crippen LogP) is -0.838. The van der Waals surface area contributed by atoms with Crippen LogP contribution in [0.1, 0.15) is 13.3 Å². The molecule has 0 aromatic rings. The van der Waals surface area contributed by atoms with Crippen molar-refractivity contribution < 1.29 is 24.5 Å². The van der Waals surface area contributed by atoms with Crippen molar-refractivity contribution in [3.8, 4) is 0 Å². The summed E-state index contributed by atoms with van der Waals surface area (Å²) < 4.78 is 10.7. The Kier molecular flexibility index (Phi) is 5.57. The Labute approximate surface area is 100 Å². The maximum atomic E-state index is 11.0. The monoisotopic (exact) mass is 245 g/mol. The zero-order valence-corrected chi connectivity index (χ0v) is 9.83. The van der Waals surface area contributed by atoms with Gasteiger partial charge in [-0.1, -0.05) is 6.08 Å². The van der Waals surface area contributed by atoms with Gasteiger partial charge in [-0.25, -0.2) is 0 Å². The molecule has 98 valence electrons. The van der Waals surface area contributed by atoms with Crippen molar-refractivity contribution in [2.24, 2.45) is 0 Å². The third-order valence-electron chi connectivity index (χ3n) is 2.51. The van der Waals surface area contributed by atoms with E-state index in [-0.39, 0.29) is 25.5 Å². The average Bonchev–Trinajstić information content (AvgIpc) is 2.27. The van der Waals surface area contributed by atoms with E-state index in [0.29, 0.717) is 0 Å². The van der Waals surface area contributed by atoms with Crippen molar-refractivity contribution in [1.82, 2.24) is 5.32 Å². The number of nitrogens with one attached hydrogen (secondary N) is 1. The lowest BCUT2D eigenvalue weighted by Crippen LogP contribution is -2.56. The van der Waals surface area contributed by atoms with Crippen LogP contribution in [0.4, 0.5) is 0 Å². The van der Waals surface area contributed by atoms with Crippen LogP contribution < -0.4 is 5.32 Å². The minimum atomic E-state index is -0.819. The van der Waals surface area contributed by atoms with Crippen molar-refractivity contribution in [3.63, 3.8) is 0 Å². The number of rotatable bonds is 5. The summed E-state index contributed by atoms with van der Waals surface area (Å²) in [6.07, 6.45) is -0.340. The van der Waals surface area contributed by atoms with Gasteiger partial charge in [-0.2, -0.15) is 0 Å². The second-order valence-electron chi connectivity index (χ2n) is 3.96. The van der Waals surface area contributed by atoms with Crippen LogP contribution in [-0.2, 0) is 14.3 Å². The first kappa shape index (κ1) is 14.1. The second-order valence-corrected chi connectivity index (χ2v) is 3.96. The van der Waals surface area contributed by atoms with Gasteiger partial charge in [0.15, 0.2) is 6.29 Å². The molecular formula is C11H19NO5. The third kappa shape index (κ3) is 4.08. The fourth-order valence-electron chi connectivity index (χ4n) is 1.75. The Morgan fingerprint density at radius 3 is 2.94 bits per heavy atom. The maximum Gasteiger partial charge on any atom is 0.217 e. The first-order valence-electron chi connectivity index (χ1n) is 5.52. The lowest BCUT2D eigenvalue weighted by Gasteiger charge is -2.38. The molecule has 4 atom stereocenters. The van der Waals surface area contributed by atoms with Crippen LogP contribution in [0.2, 0.25) is 0 Å². The van der Waals surface area contributed by atoms with E-state index in [2.05, 4.69) is 11.9 Å². The number of amides is 1. The minimum Gasteiger partial charge on any atom is -0.394 e. The average molecular weight is 245 g/mol. The molecule has 0 spiro atoms. The number of aliphatic hydroxyl groups is 2. The summed E-state index contributed by atoms with van der Waals surface area (Å²) in [4.78, 5) is 11.0. The molecule has 1 fully saturated rings. The second kappa shape index (κ2) is 6.70. The van der Waals surface area contributed by atoms with Gasteiger partial charge >= 0.3 is 0 Å². The molecule has 6 nitrogen and oxygen atoms in total. The molecular weight excluding hydrogens is 226 g/mol. The molecule has 1 saturated heterocycles. The molecule has 0 bridgehead atoms. The van der Waals surface area contributed by atoms with Crippen molar-refractivity contribution >= 4 is 5.91 Å².